The van der Waals surface area contributed by atoms with Crippen LogP contribution in [-0.2, 0) is 6.42 Å². The molecule has 0 saturated carbocycles. The Bertz CT molecular complexity index is 323. The summed E-state index contributed by atoms with van der Waals surface area (Å²) in [6.07, 6.45) is 0.852. The number of nitrogens with zero attached hydrogens (tertiary/aromatic N) is 1. The molecule has 0 fully saturated rings. The molecule has 1 aromatic carbocycles. The highest BCUT2D eigenvalue weighted by atomic mass is 19.1. The summed E-state index contributed by atoms with van der Waals surface area (Å²) in [4.78, 5) is 0. The fourth-order valence-electron chi connectivity index (χ4n) is 1.76. The van der Waals surface area contributed by atoms with Gasteiger partial charge in [0.05, 0.1) is 5.69 Å². The molecule has 1 aliphatic rings. The van der Waals surface area contributed by atoms with Crippen molar-refractivity contribution in [3.05, 3.63) is 29.1 Å². The molecule has 0 bridgehead atoms. The van der Waals surface area contributed by atoms with Gasteiger partial charge in [-0.3, -0.25) is 0 Å². The second-order valence-electron chi connectivity index (χ2n) is 3.17. The maximum absolute atomic E-state index is 12.9. The first-order chi connectivity index (χ1) is 5.68. The number of fused-ring (bicyclic) bond motifs is 1. The predicted octanol–water partition coefficient (Wildman–Crippen LogP) is 1.37. The summed E-state index contributed by atoms with van der Waals surface area (Å²) >= 11 is 0. The zero-order valence-electron chi connectivity index (χ0n) is 6.97. The lowest BCUT2D eigenvalue weighted by Gasteiger charge is -2.13. The Morgan fingerprint density at radius 3 is 3.00 bits per heavy atom. The van der Waals surface area contributed by atoms with E-state index in [1.165, 1.54) is 6.07 Å². The highest BCUT2D eigenvalue weighted by Crippen LogP contribution is 2.29. The number of hydrogen-bond acceptors (Lipinski definition) is 2. The van der Waals surface area contributed by atoms with Gasteiger partial charge >= 0.3 is 0 Å². The molecule has 64 valence electrons. The molecule has 0 spiro atoms. The summed E-state index contributed by atoms with van der Waals surface area (Å²) < 4.78 is 12.9. The Balaban J connectivity index is 2.60. The first-order valence-electron chi connectivity index (χ1n) is 4.00. The van der Waals surface area contributed by atoms with Crippen LogP contribution in [0.5, 0.6) is 0 Å². The zero-order valence-corrected chi connectivity index (χ0v) is 6.97. The lowest BCUT2D eigenvalue weighted by Crippen LogP contribution is -2.28. The van der Waals surface area contributed by atoms with Crippen LogP contribution in [0.15, 0.2) is 12.1 Å². The summed E-state index contributed by atoms with van der Waals surface area (Å²) in [5, 5.41) is 1.68. The smallest absolute Gasteiger partial charge is 0.123 e. The van der Waals surface area contributed by atoms with Crippen molar-refractivity contribution in [3.63, 3.8) is 0 Å². The van der Waals surface area contributed by atoms with Crippen LogP contribution < -0.4 is 10.9 Å². The fourth-order valence-corrected chi connectivity index (χ4v) is 1.76. The minimum atomic E-state index is -0.165. The van der Waals surface area contributed by atoms with Crippen LogP contribution in [0.4, 0.5) is 10.1 Å². The van der Waals surface area contributed by atoms with Gasteiger partial charge in [0.25, 0.3) is 0 Å². The first-order valence-corrected chi connectivity index (χ1v) is 4.00. The summed E-state index contributed by atoms with van der Waals surface area (Å²) in [6.45, 7) is 2.67. The van der Waals surface area contributed by atoms with Crippen molar-refractivity contribution < 1.29 is 4.39 Å². The molecule has 12 heavy (non-hydrogen) atoms. The van der Waals surface area contributed by atoms with Gasteiger partial charge in [0.15, 0.2) is 0 Å². The van der Waals surface area contributed by atoms with E-state index >= 15 is 0 Å². The molecule has 0 aliphatic carbocycles. The Hall–Kier alpha value is -1.09. The highest BCUT2D eigenvalue weighted by molar-refractivity contribution is 5.61. The standard InChI is InChI=1S/C9H11FN2/c1-6-4-8(10)5-7-2-3-12(11)9(6)7/h4-5H,2-3,11H2,1H3. The fraction of sp³-hybridized carbons (Fsp3) is 0.333. The van der Waals surface area contributed by atoms with Crippen LogP contribution >= 0.6 is 0 Å². The van der Waals surface area contributed by atoms with Crippen molar-refractivity contribution in [2.45, 2.75) is 13.3 Å². The number of rotatable bonds is 0. The number of aryl methyl sites for hydroxylation is 1. The third-order valence-electron chi connectivity index (χ3n) is 2.25. The topological polar surface area (TPSA) is 29.3 Å². The molecule has 1 heterocycles. The van der Waals surface area contributed by atoms with Crippen molar-refractivity contribution >= 4 is 5.69 Å². The van der Waals surface area contributed by atoms with Crippen molar-refractivity contribution in [2.75, 3.05) is 11.6 Å². The molecule has 0 saturated heterocycles. The molecule has 2 rings (SSSR count). The Kier molecular flexibility index (Phi) is 1.54. The maximum Gasteiger partial charge on any atom is 0.123 e. The van der Waals surface area contributed by atoms with E-state index in [9.17, 15) is 4.39 Å². The minimum absolute atomic E-state index is 0.165. The van der Waals surface area contributed by atoms with Crippen LogP contribution in [0, 0.1) is 12.7 Å². The normalized spacial score (nSPS) is 15.1. The molecular formula is C9H11FN2. The van der Waals surface area contributed by atoms with Gasteiger partial charge < -0.3 is 5.01 Å². The van der Waals surface area contributed by atoms with Crippen LogP contribution in [0.3, 0.4) is 0 Å². The number of benzene rings is 1. The molecule has 2 N–H and O–H groups in total. The van der Waals surface area contributed by atoms with Gasteiger partial charge in [0.2, 0.25) is 0 Å². The monoisotopic (exact) mass is 166 g/mol. The summed E-state index contributed by atoms with van der Waals surface area (Å²) in [6, 6.07) is 3.08. The van der Waals surface area contributed by atoms with Crippen molar-refractivity contribution in [3.8, 4) is 0 Å². The summed E-state index contributed by atoms with van der Waals surface area (Å²) in [7, 11) is 0. The van der Waals surface area contributed by atoms with Gasteiger partial charge in [-0.2, -0.15) is 0 Å². The lowest BCUT2D eigenvalue weighted by molar-refractivity contribution is 0.625. The largest absolute Gasteiger partial charge is 0.310 e. The third kappa shape index (κ3) is 0.975. The maximum atomic E-state index is 12.9. The Morgan fingerprint density at radius 1 is 1.50 bits per heavy atom. The summed E-state index contributed by atoms with van der Waals surface area (Å²) in [5.41, 5.74) is 2.94. The number of nitrogens with two attached hydrogens (primary N) is 1. The molecule has 0 unspecified atom stereocenters. The van der Waals surface area contributed by atoms with Gasteiger partial charge in [-0.15, -0.1) is 0 Å². The highest BCUT2D eigenvalue weighted by Gasteiger charge is 2.18. The van der Waals surface area contributed by atoms with E-state index < -0.39 is 0 Å². The van der Waals surface area contributed by atoms with Gasteiger partial charge in [0.1, 0.15) is 5.82 Å². The summed E-state index contributed by atoms with van der Waals surface area (Å²) in [5.74, 6) is 5.54. The number of hydrazine groups is 1. The van der Waals surface area contributed by atoms with Gasteiger partial charge in [0, 0.05) is 6.54 Å². The van der Waals surface area contributed by atoms with Gasteiger partial charge in [-0.1, -0.05) is 0 Å². The van der Waals surface area contributed by atoms with E-state index in [0.29, 0.717) is 0 Å². The lowest BCUT2D eigenvalue weighted by atomic mass is 10.1. The molecule has 1 aromatic rings. The molecule has 0 amide bonds. The van der Waals surface area contributed by atoms with Crippen molar-refractivity contribution in [1.82, 2.24) is 0 Å². The molecular weight excluding hydrogens is 155 g/mol. The van der Waals surface area contributed by atoms with Crippen LogP contribution in [0.2, 0.25) is 0 Å². The Labute approximate surface area is 70.8 Å². The van der Waals surface area contributed by atoms with Gasteiger partial charge in [-0.05, 0) is 36.6 Å². The molecule has 0 radical (unpaired) electrons. The Morgan fingerprint density at radius 2 is 2.25 bits per heavy atom. The first kappa shape index (κ1) is 7.55. The van der Waals surface area contributed by atoms with E-state index in [-0.39, 0.29) is 5.82 Å². The minimum Gasteiger partial charge on any atom is -0.310 e. The number of halogens is 1. The third-order valence-corrected chi connectivity index (χ3v) is 2.25. The number of anilines is 1. The molecule has 3 heteroatoms. The zero-order chi connectivity index (χ0) is 8.72. The van der Waals surface area contributed by atoms with Gasteiger partial charge in [-0.25, -0.2) is 10.2 Å². The average Bonchev–Trinajstić information content (AvgIpc) is 2.31. The van der Waals surface area contributed by atoms with E-state index in [2.05, 4.69) is 0 Å². The van der Waals surface area contributed by atoms with Crippen molar-refractivity contribution in [2.24, 2.45) is 5.84 Å². The predicted molar refractivity (Wildman–Crippen MR) is 46.4 cm³/mol. The van der Waals surface area contributed by atoms with E-state index in [0.717, 1.165) is 29.8 Å². The van der Waals surface area contributed by atoms with Crippen molar-refractivity contribution in [1.29, 1.82) is 0 Å². The van der Waals surface area contributed by atoms with Crippen LogP contribution in [-0.4, -0.2) is 6.54 Å². The SMILES string of the molecule is Cc1cc(F)cc2c1N(N)CC2. The number of hydrogen-bond donors (Lipinski definition) is 1. The van der Waals surface area contributed by atoms with E-state index in [4.69, 9.17) is 5.84 Å². The molecule has 1 aliphatic heterocycles. The molecule has 0 atom stereocenters. The second-order valence-corrected chi connectivity index (χ2v) is 3.17. The molecule has 0 aromatic heterocycles. The average molecular weight is 166 g/mol. The van der Waals surface area contributed by atoms with Crippen LogP contribution in [0.25, 0.3) is 0 Å². The quantitative estimate of drug-likeness (QED) is 0.590. The second kappa shape index (κ2) is 2.45. The molecule has 2 nitrogen and oxygen atoms in total. The van der Waals surface area contributed by atoms with E-state index in [1.807, 2.05) is 6.92 Å². The van der Waals surface area contributed by atoms with E-state index in [1.54, 1.807) is 11.1 Å². The van der Waals surface area contributed by atoms with Crippen LogP contribution in [0.1, 0.15) is 11.1 Å².